The fraction of sp³-hybridized carbons (Fsp3) is 0.333. The van der Waals surface area contributed by atoms with Gasteiger partial charge in [-0.2, -0.15) is 0 Å². The molecular formula is C18H23NO2S. The third kappa shape index (κ3) is 4.42. The molecule has 0 saturated heterocycles. The Morgan fingerprint density at radius 3 is 2.05 bits per heavy atom. The van der Waals surface area contributed by atoms with Crippen molar-refractivity contribution in [3.63, 3.8) is 0 Å². The van der Waals surface area contributed by atoms with E-state index in [1.807, 2.05) is 42.5 Å². The average molecular weight is 317 g/mol. The summed E-state index contributed by atoms with van der Waals surface area (Å²) in [5.41, 5.74) is 2.26. The summed E-state index contributed by atoms with van der Waals surface area (Å²) in [6, 6.07) is 16.9. The molecule has 0 fully saturated rings. The van der Waals surface area contributed by atoms with Crippen molar-refractivity contribution in [1.82, 2.24) is 4.72 Å². The van der Waals surface area contributed by atoms with Gasteiger partial charge in [0.2, 0.25) is 10.0 Å². The number of hydrogen-bond donors (Lipinski definition) is 1. The predicted molar refractivity (Wildman–Crippen MR) is 90.5 cm³/mol. The van der Waals surface area contributed by atoms with E-state index < -0.39 is 10.0 Å². The Morgan fingerprint density at radius 1 is 0.909 bits per heavy atom. The van der Waals surface area contributed by atoms with Crippen LogP contribution in [0, 0.1) is 0 Å². The lowest BCUT2D eigenvalue weighted by molar-refractivity contribution is 0.578. The first kappa shape index (κ1) is 16.7. The summed E-state index contributed by atoms with van der Waals surface area (Å²) in [7, 11) is -3.44. The summed E-state index contributed by atoms with van der Waals surface area (Å²) < 4.78 is 27.2. The van der Waals surface area contributed by atoms with Gasteiger partial charge < -0.3 is 0 Å². The van der Waals surface area contributed by atoms with E-state index in [1.54, 1.807) is 12.1 Å². The third-order valence-corrected chi connectivity index (χ3v) is 5.06. The minimum atomic E-state index is -3.44. The number of benzene rings is 2. The van der Waals surface area contributed by atoms with Gasteiger partial charge in [0, 0.05) is 6.54 Å². The van der Waals surface area contributed by atoms with E-state index in [0.29, 0.717) is 17.9 Å². The summed E-state index contributed by atoms with van der Waals surface area (Å²) >= 11 is 0. The van der Waals surface area contributed by atoms with Crippen LogP contribution in [0.15, 0.2) is 59.5 Å². The molecule has 0 unspecified atom stereocenters. The first-order chi connectivity index (χ1) is 10.3. The second-order valence-electron chi connectivity index (χ2n) is 6.41. The van der Waals surface area contributed by atoms with E-state index in [0.717, 1.165) is 11.1 Å². The number of hydrogen-bond acceptors (Lipinski definition) is 2. The molecule has 4 heteroatoms. The van der Waals surface area contributed by atoms with Crippen LogP contribution in [0.25, 0.3) is 0 Å². The van der Waals surface area contributed by atoms with Crippen LogP contribution >= 0.6 is 0 Å². The highest BCUT2D eigenvalue weighted by molar-refractivity contribution is 7.89. The van der Waals surface area contributed by atoms with Crippen LogP contribution in [0.2, 0.25) is 0 Å². The van der Waals surface area contributed by atoms with Crippen molar-refractivity contribution in [1.29, 1.82) is 0 Å². The predicted octanol–water partition coefficient (Wildman–Crippen LogP) is 3.51. The van der Waals surface area contributed by atoms with E-state index in [-0.39, 0.29) is 5.41 Å². The third-order valence-electron chi connectivity index (χ3n) is 3.58. The van der Waals surface area contributed by atoms with Gasteiger partial charge in [-0.15, -0.1) is 0 Å². The molecule has 2 aromatic rings. The van der Waals surface area contributed by atoms with Crippen molar-refractivity contribution in [2.45, 2.75) is 37.5 Å². The van der Waals surface area contributed by atoms with E-state index in [4.69, 9.17) is 0 Å². The number of nitrogens with one attached hydrogen (secondary N) is 1. The first-order valence-electron chi connectivity index (χ1n) is 7.43. The fourth-order valence-electron chi connectivity index (χ4n) is 2.19. The topological polar surface area (TPSA) is 46.2 Å². The van der Waals surface area contributed by atoms with E-state index in [9.17, 15) is 8.42 Å². The number of sulfonamides is 1. The molecule has 2 aromatic carbocycles. The molecule has 0 saturated carbocycles. The molecule has 0 aliphatic rings. The van der Waals surface area contributed by atoms with Crippen LogP contribution in [-0.4, -0.2) is 15.0 Å². The van der Waals surface area contributed by atoms with Crippen molar-refractivity contribution in [3.8, 4) is 0 Å². The minimum absolute atomic E-state index is 0.0169. The first-order valence-corrected chi connectivity index (χ1v) is 8.91. The smallest absolute Gasteiger partial charge is 0.211 e. The molecule has 0 heterocycles. The van der Waals surface area contributed by atoms with Crippen molar-refractivity contribution in [3.05, 3.63) is 65.7 Å². The quantitative estimate of drug-likeness (QED) is 0.917. The molecule has 3 nitrogen and oxygen atoms in total. The normalized spacial score (nSPS) is 12.3. The van der Waals surface area contributed by atoms with Gasteiger partial charge in [-0.25, -0.2) is 13.1 Å². The van der Waals surface area contributed by atoms with E-state index >= 15 is 0 Å². The van der Waals surface area contributed by atoms with Crippen LogP contribution in [0.4, 0.5) is 0 Å². The van der Waals surface area contributed by atoms with Crippen molar-refractivity contribution >= 4 is 10.0 Å². The summed E-state index contributed by atoms with van der Waals surface area (Å²) in [6.07, 6.45) is 0.681. The van der Waals surface area contributed by atoms with Crippen LogP contribution in [0.1, 0.15) is 31.9 Å². The zero-order valence-corrected chi connectivity index (χ0v) is 14.2. The van der Waals surface area contributed by atoms with E-state index in [1.165, 1.54) is 0 Å². The average Bonchev–Trinajstić information content (AvgIpc) is 2.47. The van der Waals surface area contributed by atoms with Crippen LogP contribution in [0.5, 0.6) is 0 Å². The Hall–Kier alpha value is -1.65. The lowest BCUT2D eigenvalue weighted by atomic mass is 9.87. The van der Waals surface area contributed by atoms with E-state index in [2.05, 4.69) is 25.5 Å². The SMILES string of the molecule is CC(C)(C)c1ccc(S(=O)(=O)NCCc2ccccc2)cc1. The highest BCUT2D eigenvalue weighted by Gasteiger charge is 2.17. The molecule has 0 radical (unpaired) electrons. The Balaban J connectivity index is 2.01. The number of rotatable bonds is 5. The molecule has 22 heavy (non-hydrogen) atoms. The second kappa shape index (κ2) is 6.63. The van der Waals surface area contributed by atoms with Gasteiger partial charge in [-0.1, -0.05) is 63.2 Å². The maximum absolute atomic E-state index is 12.3. The molecule has 0 aromatic heterocycles. The lowest BCUT2D eigenvalue weighted by Crippen LogP contribution is -2.26. The molecule has 1 N–H and O–H groups in total. The van der Waals surface area contributed by atoms with Gasteiger partial charge in [0.05, 0.1) is 4.90 Å². The molecule has 0 amide bonds. The maximum atomic E-state index is 12.3. The van der Waals surface area contributed by atoms with Crippen LogP contribution < -0.4 is 4.72 Å². The van der Waals surface area contributed by atoms with Crippen molar-refractivity contribution in [2.75, 3.05) is 6.54 Å². The summed E-state index contributed by atoms with van der Waals surface area (Å²) in [5.74, 6) is 0. The fourth-order valence-corrected chi connectivity index (χ4v) is 3.22. The zero-order chi connectivity index (χ0) is 16.2. The Bertz CT molecular complexity index is 699. The van der Waals surface area contributed by atoms with Gasteiger partial charge in [0.15, 0.2) is 0 Å². The molecule has 2 rings (SSSR count). The summed E-state index contributed by atoms with van der Waals surface area (Å²) in [6.45, 7) is 6.71. The molecule has 0 aliphatic heterocycles. The maximum Gasteiger partial charge on any atom is 0.240 e. The lowest BCUT2D eigenvalue weighted by Gasteiger charge is -2.19. The Kier molecular flexibility index (Phi) is 5.04. The molecule has 0 bridgehead atoms. The monoisotopic (exact) mass is 317 g/mol. The van der Waals surface area contributed by atoms with Gasteiger partial charge >= 0.3 is 0 Å². The van der Waals surface area contributed by atoms with Gasteiger partial charge in [0.25, 0.3) is 0 Å². The van der Waals surface area contributed by atoms with Gasteiger partial charge in [-0.05, 0) is 35.1 Å². The highest BCUT2D eigenvalue weighted by atomic mass is 32.2. The van der Waals surface area contributed by atoms with Crippen LogP contribution in [0.3, 0.4) is 0 Å². The van der Waals surface area contributed by atoms with Gasteiger partial charge in [0.1, 0.15) is 0 Å². The molecule has 0 atom stereocenters. The molecular weight excluding hydrogens is 294 g/mol. The van der Waals surface area contributed by atoms with Gasteiger partial charge in [-0.3, -0.25) is 0 Å². The Morgan fingerprint density at radius 2 is 1.50 bits per heavy atom. The molecule has 0 aliphatic carbocycles. The molecule has 0 spiro atoms. The van der Waals surface area contributed by atoms with Crippen molar-refractivity contribution in [2.24, 2.45) is 0 Å². The highest BCUT2D eigenvalue weighted by Crippen LogP contribution is 2.23. The summed E-state index contributed by atoms with van der Waals surface area (Å²) in [4.78, 5) is 0.313. The second-order valence-corrected chi connectivity index (χ2v) is 8.17. The van der Waals surface area contributed by atoms with Crippen LogP contribution in [-0.2, 0) is 21.9 Å². The minimum Gasteiger partial charge on any atom is -0.211 e. The van der Waals surface area contributed by atoms with Crippen molar-refractivity contribution < 1.29 is 8.42 Å². The largest absolute Gasteiger partial charge is 0.240 e. The standard InChI is InChI=1S/C18H23NO2S/c1-18(2,3)16-9-11-17(12-10-16)22(20,21)19-14-13-15-7-5-4-6-8-15/h4-12,19H,13-14H2,1-3H3. The summed E-state index contributed by atoms with van der Waals surface area (Å²) in [5, 5.41) is 0. The molecule has 118 valence electrons. The zero-order valence-electron chi connectivity index (χ0n) is 13.3. The Labute approximate surface area is 133 Å².